The summed E-state index contributed by atoms with van der Waals surface area (Å²) in [6.45, 7) is 2.31. The Morgan fingerprint density at radius 1 is 1.27 bits per heavy atom. The molecule has 0 radical (unpaired) electrons. The average molecular weight is 310 g/mol. The van der Waals surface area contributed by atoms with Gasteiger partial charge >= 0.3 is 6.03 Å². The third-order valence-electron chi connectivity index (χ3n) is 4.44. The van der Waals surface area contributed by atoms with Gasteiger partial charge in [0.25, 0.3) is 0 Å². The first kappa shape index (κ1) is 18.3. The molecule has 0 spiro atoms. The molecule has 0 heterocycles. The second kappa shape index (κ2) is 8.66. The van der Waals surface area contributed by atoms with Crippen molar-refractivity contribution in [2.45, 2.75) is 58.3 Å². The van der Waals surface area contributed by atoms with Crippen LogP contribution in [-0.2, 0) is 14.4 Å². The molecule has 1 fully saturated rings. The fraction of sp³-hybridized carbons (Fsp3) is 0.750. The van der Waals surface area contributed by atoms with Gasteiger partial charge < -0.3 is 15.8 Å². The zero-order valence-electron chi connectivity index (χ0n) is 13.2. The van der Waals surface area contributed by atoms with E-state index in [0.29, 0.717) is 38.6 Å². The van der Waals surface area contributed by atoms with E-state index in [1.54, 1.807) is 0 Å². The Bertz CT molecular complexity index is 430. The molecule has 3 N–H and O–H groups in total. The summed E-state index contributed by atoms with van der Waals surface area (Å²) in [7, 11) is 0. The lowest BCUT2D eigenvalue weighted by atomic mass is 9.61. The highest BCUT2D eigenvalue weighted by atomic mass is 16.2. The van der Waals surface area contributed by atoms with Gasteiger partial charge in [0.15, 0.2) is 0 Å². The van der Waals surface area contributed by atoms with Gasteiger partial charge in [-0.05, 0) is 32.1 Å². The molecule has 1 atom stereocenters. The molecule has 1 aliphatic carbocycles. The molecule has 1 aliphatic rings. The lowest BCUT2D eigenvalue weighted by Crippen LogP contribution is -2.45. The number of carbonyl (C=O) groups excluding carboxylic acids is 4. The second-order valence-electron chi connectivity index (χ2n) is 6.07. The van der Waals surface area contributed by atoms with E-state index in [1.807, 2.05) is 6.92 Å². The molecule has 22 heavy (non-hydrogen) atoms. The van der Waals surface area contributed by atoms with E-state index in [4.69, 9.17) is 5.73 Å². The molecule has 1 saturated carbocycles. The van der Waals surface area contributed by atoms with E-state index in [9.17, 15) is 19.2 Å². The standard InChI is InChI=1S/C16H26N2O4/c1-2-5-13(20)16(7-4-8-16)14(21)10-12(11-19)6-3-9-18-15(17)22/h11-12H,2-10H2,1H3,(H3,17,18,22)/t12-/m1/s1. The molecule has 0 aromatic carbocycles. The molecule has 1 rings (SSSR count). The number of Topliss-reactive ketones (excluding diaryl/α,β-unsaturated/α-hetero) is 2. The summed E-state index contributed by atoms with van der Waals surface area (Å²) in [5.74, 6) is -0.447. The van der Waals surface area contributed by atoms with Gasteiger partial charge in [0.2, 0.25) is 0 Å². The van der Waals surface area contributed by atoms with Crippen molar-refractivity contribution < 1.29 is 19.2 Å². The van der Waals surface area contributed by atoms with Crippen LogP contribution in [-0.4, -0.2) is 30.4 Å². The average Bonchev–Trinajstić information content (AvgIpc) is 2.40. The molecule has 2 amide bonds. The lowest BCUT2D eigenvalue weighted by molar-refractivity contribution is -0.148. The van der Waals surface area contributed by atoms with Crippen LogP contribution in [0.3, 0.4) is 0 Å². The quantitative estimate of drug-likeness (QED) is 0.344. The summed E-state index contributed by atoms with van der Waals surface area (Å²) < 4.78 is 0. The van der Waals surface area contributed by atoms with Crippen LogP contribution in [0, 0.1) is 11.3 Å². The maximum Gasteiger partial charge on any atom is 0.312 e. The normalized spacial score (nSPS) is 17.1. The van der Waals surface area contributed by atoms with Crippen molar-refractivity contribution in [2.24, 2.45) is 17.1 Å². The number of nitrogens with two attached hydrogens (primary N) is 1. The maximum absolute atomic E-state index is 12.5. The molecular formula is C16H26N2O4. The molecule has 6 nitrogen and oxygen atoms in total. The Balaban J connectivity index is 2.51. The smallest absolute Gasteiger partial charge is 0.312 e. The second-order valence-corrected chi connectivity index (χ2v) is 6.07. The number of nitrogens with one attached hydrogen (secondary N) is 1. The van der Waals surface area contributed by atoms with Crippen LogP contribution in [0.2, 0.25) is 0 Å². The fourth-order valence-corrected chi connectivity index (χ4v) is 2.94. The summed E-state index contributed by atoms with van der Waals surface area (Å²) in [6.07, 6.45) is 5.30. The molecule has 0 saturated heterocycles. The van der Waals surface area contributed by atoms with Crippen LogP contribution in [0.4, 0.5) is 4.79 Å². The summed E-state index contributed by atoms with van der Waals surface area (Å²) in [5.41, 5.74) is 4.14. The number of carbonyl (C=O) groups is 4. The van der Waals surface area contributed by atoms with Gasteiger partial charge in [-0.3, -0.25) is 9.59 Å². The van der Waals surface area contributed by atoms with Crippen molar-refractivity contribution in [1.82, 2.24) is 5.32 Å². The molecule has 0 aliphatic heterocycles. The number of amides is 2. The first-order chi connectivity index (χ1) is 10.5. The predicted molar refractivity (Wildman–Crippen MR) is 82.2 cm³/mol. The van der Waals surface area contributed by atoms with E-state index in [1.165, 1.54) is 0 Å². The monoisotopic (exact) mass is 310 g/mol. The molecule has 0 aromatic heterocycles. The number of ketones is 2. The van der Waals surface area contributed by atoms with E-state index in [2.05, 4.69) is 5.32 Å². The number of hydrogen-bond donors (Lipinski definition) is 2. The number of aldehydes is 1. The Morgan fingerprint density at radius 3 is 2.41 bits per heavy atom. The van der Waals surface area contributed by atoms with Crippen LogP contribution in [0.1, 0.15) is 58.3 Å². The van der Waals surface area contributed by atoms with Crippen molar-refractivity contribution in [2.75, 3.05) is 6.54 Å². The maximum atomic E-state index is 12.5. The van der Waals surface area contributed by atoms with Crippen LogP contribution in [0.15, 0.2) is 0 Å². The van der Waals surface area contributed by atoms with Gasteiger partial charge in [-0.25, -0.2) is 4.79 Å². The summed E-state index contributed by atoms with van der Waals surface area (Å²) in [6, 6.07) is -0.600. The van der Waals surface area contributed by atoms with Crippen molar-refractivity contribution in [1.29, 1.82) is 0 Å². The number of primary amides is 1. The molecule has 0 aromatic rings. The van der Waals surface area contributed by atoms with Gasteiger partial charge in [0, 0.05) is 25.3 Å². The minimum Gasteiger partial charge on any atom is -0.352 e. The van der Waals surface area contributed by atoms with E-state index in [0.717, 1.165) is 19.1 Å². The van der Waals surface area contributed by atoms with Crippen molar-refractivity contribution in [3.8, 4) is 0 Å². The van der Waals surface area contributed by atoms with Crippen LogP contribution in [0.5, 0.6) is 0 Å². The third-order valence-corrected chi connectivity index (χ3v) is 4.44. The Kier molecular flexibility index (Phi) is 7.21. The van der Waals surface area contributed by atoms with Crippen molar-refractivity contribution in [3.63, 3.8) is 0 Å². The molecule has 124 valence electrons. The lowest BCUT2D eigenvalue weighted by Gasteiger charge is -2.39. The topological polar surface area (TPSA) is 106 Å². The number of rotatable bonds is 11. The Hall–Kier alpha value is -1.72. The van der Waals surface area contributed by atoms with Crippen molar-refractivity contribution in [3.05, 3.63) is 0 Å². The van der Waals surface area contributed by atoms with Gasteiger partial charge in [0.05, 0.1) is 5.41 Å². The summed E-state index contributed by atoms with van der Waals surface area (Å²) >= 11 is 0. The highest BCUT2D eigenvalue weighted by Gasteiger charge is 2.49. The van der Waals surface area contributed by atoms with Crippen LogP contribution in [0.25, 0.3) is 0 Å². The number of hydrogen-bond acceptors (Lipinski definition) is 4. The largest absolute Gasteiger partial charge is 0.352 e. The minimum atomic E-state index is -0.817. The van der Waals surface area contributed by atoms with Gasteiger partial charge in [-0.1, -0.05) is 13.3 Å². The third kappa shape index (κ3) is 4.64. The zero-order valence-corrected chi connectivity index (χ0v) is 13.2. The van der Waals surface area contributed by atoms with E-state index >= 15 is 0 Å². The molecule has 0 bridgehead atoms. The molecule has 6 heteroatoms. The predicted octanol–water partition coefficient (Wildman–Crippen LogP) is 1.75. The highest BCUT2D eigenvalue weighted by molar-refractivity contribution is 6.08. The van der Waals surface area contributed by atoms with Gasteiger partial charge in [-0.2, -0.15) is 0 Å². The fourth-order valence-electron chi connectivity index (χ4n) is 2.94. The van der Waals surface area contributed by atoms with Gasteiger partial charge in [0.1, 0.15) is 17.9 Å². The molecule has 0 unspecified atom stereocenters. The Labute approximate surface area is 131 Å². The van der Waals surface area contributed by atoms with Crippen LogP contribution < -0.4 is 11.1 Å². The summed E-state index contributed by atoms with van der Waals surface area (Å²) in [4.78, 5) is 46.4. The minimum absolute atomic E-state index is 0.0336. The van der Waals surface area contributed by atoms with E-state index in [-0.39, 0.29) is 18.0 Å². The first-order valence-electron chi connectivity index (χ1n) is 8.01. The zero-order chi connectivity index (χ0) is 16.6. The summed E-state index contributed by atoms with van der Waals surface area (Å²) in [5, 5.41) is 2.45. The van der Waals surface area contributed by atoms with E-state index < -0.39 is 17.4 Å². The number of urea groups is 1. The first-order valence-corrected chi connectivity index (χ1v) is 8.01. The van der Waals surface area contributed by atoms with Gasteiger partial charge in [-0.15, -0.1) is 0 Å². The van der Waals surface area contributed by atoms with Crippen LogP contribution >= 0.6 is 0 Å². The van der Waals surface area contributed by atoms with Crippen molar-refractivity contribution >= 4 is 23.9 Å². The molecular weight excluding hydrogens is 284 g/mol. The highest BCUT2D eigenvalue weighted by Crippen LogP contribution is 2.45. The Morgan fingerprint density at radius 2 is 1.95 bits per heavy atom. The SMILES string of the molecule is CCCC(=O)C1(C(=O)C[C@H](C=O)CCCNC(N)=O)CCC1.